The number of rotatable bonds is 4. The van der Waals surface area contributed by atoms with Gasteiger partial charge in [0.15, 0.2) is 5.82 Å². The summed E-state index contributed by atoms with van der Waals surface area (Å²) in [5, 5.41) is 3.34. The number of nitrogens with zero attached hydrogens (tertiary/aromatic N) is 2. The molecule has 1 heterocycles. The van der Waals surface area contributed by atoms with E-state index in [9.17, 15) is 0 Å². The predicted molar refractivity (Wildman–Crippen MR) is 92.9 cm³/mol. The van der Waals surface area contributed by atoms with E-state index in [4.69, 9.17) is 9.97 Å². The van der Waals surface area contributed by atoms with Gasteiger partial charge < -0.3 is 5.32 Å². The van der Waals surface area contributed by atoms with Crippen LogP contribution in [-0.4, -0.2) is 16.5 Å². The smallest absolute Gasteiger partial charge is 0.161 e. The summed E-state index contributed by atoms with van der Waals surface area (Å²) in [4.78, 5) is 9.46. The van der Waals surface area contributed by atoms with Crippen LogP contribution >= 0.6 is 15.9 Å². The molecule has 0 fully saturated rings. The molecule has 4 heteroatoms. The number of hydrogen-bond donors (Lipinski definition) is 1. The number of anilines is 1. The van der Waals surface area contributed by atoms with Crippen LogP contribution in [0.15, 0.2) is 16.6 Å². The fourth-order valence-corrected chi connectivity index (χ4v) is 2.68. The molecule has 3 nitrogen and oxygen atoms in total. The summed E-state index contributed by atoms with van der Waals surface area (Å²) in [5.74, 6) is 1.74. The highest BCUT2D eigenvalue weighted by molar-refractivity contribution is 9.10. The van der Waals surface area contributed by atoms with E-state index < -0.39 is 0 Å². The van der Waals surface area contributed by atoms with Gasteiger partial charge in [-0.2, -0.15) is 0 Å². The van der Waals surface area contributed by atoms with E-state index in [0.717, 1.165) is 45.9 Å². The van der Waals surface area contributed by atoms with Crippen molar-refractivity contribution in [3.8, 4) is 11.4 Å². The number of aromatic nitrogens is 2. The second-order valence-electron chi connectivity index (χ2n) is 5.28. The Morgan fingerprint density at radius 1 is 1.05 bits per heavy atom. The van der Waals surface area contributed by atoms with E-state index in [-0.39, 0.29) is 0 Å². The van der Waals surface area contributed by atoms with E-state index in [1.807, 2.05) is 0 Å². The van der Waals surface area contributed by atoms with Crippen LogP contribution in [0.1, 0.15) is 36.2 Å². The highest BCUT2D eigenvalue weighted by Crippen LogP contribution is 2.28. The van der Waals surface area contributed by atoms with Gasteiger partial charge in [0.2, 0.25) is 0 Å². The zero-order valence-corrected chi connectivity index (χ0v) is 14.9. The summed E-state index contributed by atoms with van der Waals surface area (Å²) in [7, 11) is 0. The summed E-state index contributed by atoms with van der Waals surface area (Å²) < 4.78 is 1.15. The van der Waals surface area contributed by atoms with Crippen molar-refractivity contribution in [1.82, 2.24) is 9.97 Å². The molecule has 0 bridgehead atoms. The van der Waals surface area contributed by atoms with Crippen molar-refractivity contribution in [3.63, 3.8) is 0 Å². The van der Waals surface area contributed by atoms with Crippen molar-refractivity contribution < 1.29 is 0 Å². The quantitative estimate of drug-likeness (QED) is 0.860. The lowest BCUT2D eigenvalue weighted by Crippen LogP contribution is -2.07. The molecule has 21 heavy (non-hydrogen) atoms. The van der Waals surface area contributed by atoms with E-state index >= 15 is 0 Å². The minimum Gasteiger partial charge on any atom is -0.370 e. The first-order valence-corrected chi connectivity index (χ1v) is 8.15. The summed E-state index contributed by atoms with van der Waals surface area (Å²) in [6.45, 7) is 11.4. The summed E-state index contributed by atoms with van der Waals surface area (Å²) in [6.07, 6.45) is 0.911. The Labute approximate surface area is 135 Å². The molecular formula is C17H22BrN3. The molecule has 0 atom stereocenters. The van der Waals surface area contributed by atoms with Gasteiger partial charge in [-0.25, -0.2) is 9.97 Å². The molecule has 0 amide bonds. The number of nitrogens with one attached hydrogen (secondary N) is 1. The van der Waals surface area contributed by atoms with Gasteiger partial charge in [-0.15, -0.1) is 0 Å². The SMILES string of the molecule is CCNc1nc(-c2cc(C)c(Br)c(C)c2)nc(CC)c1C. The molecular weight excluding hydrogens is 326 g/mol. The van der Waals surface area contributed by atoms with Crippen molar-refractivity contribution in [2.45, 2.75) is 41.0 Å². The summed E-state index contributed by atoms with van der Waals surface area (Å²) in [6, 6.07) is 4.27. The van der Waals surface area contributed by atoms with E-state index in [1.54, 1.807) is 0 Å². The number of aryl methyl sites for hydroxylation is 3. The van der Waals surface area contributed by atoms with E-state index in [2.05, 4.69) is 68.0 Å². The van der Waals surface area contributed by atoms with E-state index in [0.29, 0.717) is 0 Å². The van der Waals surface area contributed by atoms with Gasteiger partial charge in [0.05, 0.1) is 0 Å². The van der Waals surface area contributed by atoms with Crippen molar-refractivity contribution in [1.29, 1.82) is 0 Å². The molecule has 0 saturated heterocycles. The fraction of sp³-hybridized carbons (Fsp3) is 0.412. The molecule has 0 spiro atoms. The molecule has 0 aliphatic heterocycles. The minimum absolute atomic E-state index is 0.798. The topological polar surface area (TPSA) is 37.8 Å². The van der Waals surface area contributed by atoms with Crippen LogP contribution in [0, 0.1) is 20.8 Å². The number of benzene rings is 1. The maximum Gasteiger partial charge on any atom is 0.161 e. The largest absolute Gasteiger partial charge is 0.370 e. The first-order valence-electron chi connectivity index (χ1n) is 7.36. The summed E-state index contributed by atoms with van der Waals surface area (Å²) in [5.41, 5.74) is 5.74. The molecule has 1 aromatic heterocycles. The molecule has 1 aromatic carbocycles. The lowest BCUT2D eigenvalue weighted by Gasteiger charge is -2.13. The lowest BCUT2D eigenvalue weighted by molar-refractivity contribution is 0.970. The second kappa shape index (κ2) is 6.56. The Balaban J connectivity index is 2.60. The van der Waals surface area contributed by atoms with Crippen molar-refractivity contribution in [3.05, 3.63) is 39.0 Å². The minimum atomic E-state index is 0.798. The molecule has 0 unspecified atom stereocenters. The van der Waals surface area contributed by atoms with Crippen LogP contribution in [0.2, 0.25) is 0 Å². The van der Waals surface area contributed by atoms with Gasteiger partial charge in [0.1, 0.15) is 5.82 Å². The van der Waals surface area contributed by atoms with Crippen molar-refractivity contribution >= 4 is 21.7 Å². The number of halogens is 1. The van der Waals surface area contributed by atoms with Crippen LogP contribution in [0.4, 0.5) is 5.82 Å². The van der Waals surface area contributed by atoms with Gasteiger partial charge in [-0.3, -0.25) is 0 Å². The van der Waals surface area contributed by atoms with Crippen molar-refractivity contribution in [2.24, 2.45) is 0 Å². The average Bonchev–Trinajstić information content (AvgIpc) is 2.46. The second-order valence-corrected chi connectivity index (χ2v) is 6.07. The van der Waals surface area contributed by atoms with Gasteiger partial charge in [-0.05, 0) is 57.4 Å². The predicted octanol–water partition coefficient (Wildman–Crippen LogP) is 4.83. The molecule has 1 N–H and O–H groups in total. The molecule has 0 saturated carbocycles. The Morgan fingerprint density at radius 2 is 1.67 bits per heavy atom. The third kappa shape index (κ3) is 3.26. The highest BCUT2D eigenvalue weighted by atomic mass is 79.9. The third-order valence-corrected chi connectivity index (χ3v) is 4.87. The Kier molecular flexibility index (Phi) is 4.99. The fourth-order valence-electron chi connectivity index (χ4n) is 2.45. The van der Waals surface area contributed by atoms with Gasteiger partial charge in [0.25, 0.3) is 0 Å². The molecule has 0 radical (unpaired) electrons. The van der Waals surface area contributed by atoms with Crippen molar-refractivity contribution in [2.75, 3.05) is 11.9 Å². The monoisotopic (exact) mass is 347 g/mol. The van der Waals surface area contributed by atoms with Gasteiger partial charge in [-0.1, -0.05) is 22.9 Å². The lowest BCUT2D eigenvalue weighted by atomic mass is 10.1. The summed E-state index contributed by atoms with van der Waals surface area (Å²) >= 11 is 3.61. The van der Waals surface area contributed by atoms with Crippen LogP contribution < -0.4 is 5.32 Å². The first kappa shape index (κ1) is 16.0. The van der Waals surface area contributed by atoms with Gasteiger partial charge >= 0.3 is 0 Å². The maximum atomic E-state index is 4.75. The first-order chi connectivity index (χ1) is 9.97. The Morgan fingerprint density at radius 3 is 2.19 bits per heavy atom. The maximum absolute atomic E-state index is 4.75. The molecule has 2 aromatic rings. The molecule has 112 valence electrons. The zero-order chi connectivity index (χ0) is 15.6. The van der Waals surface area contributed by atoms with Crippen LogP contribution in [0.25, 0.3) is 11.4 Å². The molecule has 2 rings (SSSR count). The zero-order valence-electron chi connectivity index (χ0n) is 13.3. The Bertz CT molecular complexity index is 642. The number of hydrogen-bond acceptors (Lipinski definition) is 3. The van der Waals surface area contributed by atoms with E-state index in [1.165, 1.54) is 11.1 Å². The van der Waals surface area contributed by atoms with Crippen LogP contribution in [0.3, 0.4) is 0 Å². The van der Waals surface area contributed by atoms with Gasteiger partial charge in [0, 0.05) is 27.8 Å². The highest BCUT2D eigenvalue weighted by Gasteiger charge is 2.12. The van der Waals surface area contributed by atoms with Crippen LogP contribution in [-0.2, 0) is 6.42 Å². The molecule has 0 aliphatic rings. The van der Waals surface area contributed by atoms with Crippen LogP contribution in [0.5, 0.6) is 0 Å². The average molecular weight is 348 g/mol. The Hall–Kier alpha value is -1.42. The third-order valence-electron chi connectivity index (χ3n) is 3.62. The normalized spacial score (nSPS) is 10.8. The molecule has 0 aliphatic carbocycles. The standard InChI is InChI=1S/C17H22BrN3/c1-6-14-12(5)16(19-7-2)21-17(20-14)13-8-10(3)15(18)11(4)9-13/h8-9H,6-7H2,1-5H3,(H,19,20,21).